The summed E-state index contributed by atoms with van der Waals surface area (Å²) in [6.45, 7) is 7.56. The van der Waals surface area contributed by atoms with Gasteiger partial charge in [0.25, 0.3) is 0 Å². The summed E-state index contributed by atoms with van der Waals surface area (Å²) in [6, 6.07) is 7.97. The lowest BCUT2D eigenvalue weighted by Crippen LogP contribution is -2.49. The first kappa shape index (κ1) is 28.8. The van der Waals surface area contributed by atoms with Gasteiger partial charge in [-0.15, -0.1) is 0 Å². The minimum Gasteiger partial charge on any atom is -0.370 e. The van der Waals surface area contributed by atoms with E-state index in [0.29, 0.717) is 48.2 Å². The van der Waals surface area contributed by atoms with Gasteiger partial charge < -0.3 is 10.2 Å². The number of benzene rings is 1. The van der Waals surface area contributed by atoms with Gasteiger partial charge in [-0.1, -0.05) is 26.8 Å². The van der Waals surface area contributed by atoms with Crippen LogP contribution in [0.4, 0.5) is 17.3 Å². The number of rotatable bonds is 11. The third-order valence-corrected chi connectivity index (χ3v) is 10.6. The molecule has 1 saturated heterocycles. The normalized spacial score (nSPS) is 14.8. The molecular formula is C28H35N7O4S2. The fourth-order valence-corrected chi connectivity index (χ4v) is 7.89. The average Bonchev–Trinajstić information content (AvgIpc) is 3.41. The van der Waals surface area contributed by atoms with Crippen LogP contribution in [0.1, 0.15) is 38.7 Å². The van der Waals surface area contributed by atoms with Crippen molar-refractivity contribution in [2.75, 3.05) is 41.1 Å². The molecule has 1 fully saturated rings. The number of nitrogens with one attached hydrogen (secondary N) is 1. The Morgan fingerprint density at radius 1 is 1.12 bits per heavy atom. The lowest BCUT2D eigenvalue weighted by molar-refractivity contribution is 0.445. The van der Waals surface area contributed by atoms with E-state index in [1.54, 1.807) is 18.5 Å². The highest BCUT2D eigenvalue weighted by Crippen LogP contribution is 2.37. The van der Waals surface area contributed by atoms with E-state index < -0.39 is 20.0 Å². The lowest BCUT2D eigenvalue weighted by Gasteiger charge is -2.41. The van der Waals surface area contributed by atoms with E-state index in [1.807, 2.05) is 19.2 Å². The largest absolute Gasteiger partial charge is 0.370 e. The van der Waals surface area contributed by atoms with Crippen molar-refractivity contribution in [3.63, 3.8) is 0 Å². The van der Waals surface area contributed by atoms with Crippen LogP contribution in [-0.4, -0.2) is 73.2 Å². The lowest BCUT2D eigenvalue weighted by atomic mass is 9.93. The minimum absolute atomic E-state index is 0.134. The highest BCUT2D eigenvalue weighted by atomic mass is 32.3. The smallest absolute Gasteiger partial charge is 0.200 e. The highest BCUT2D eigenvalue weighted by molar-refractivity contribution is 8.13. The summed E-state index contributed by atoms with van der Waals surface area (Å²) in [5.74, 6) is 2.38. The predicted molar refractivity (Wildman–Crippen MR) is 165 cm³/mol. The maximum absolute atomic E-state index is 12.9. The number of carbonyl (C=O) groups is 1. The first-order valence-electron chi connectivity index (χ1n) is 13.6. The number of nitrogens with zero attached hydrogens (tertiary/aromatic N) is 6. The monoisotopic (exact) mass is 597 g/mol. The molecule has 1 aromatic carbocycles. The summed E-state index contributed by atoms with van der Waals surface area (Å²) in [7, 11) is -6.27. The van der Waals surface area contributed by atoms with Gasteiger partial charge in [-0.25, -0.2) is 27.5 Å². The van der Waals surface area contributed by atoms with Crippen molar-refractivity contribution in [1.29, 1.82) is 0 Å². The van der Waals surface area contributed by atoms with Crippen LogP contribution >= 0.6 is 0 Å². The molecule has 0 atom stereocenters. The predicted octanol–water partition coefficient (Wildman–Crippen LogP) is 3.62. The third-order valence-electron chi connectivity index (χ3n) is 7.17. The van der Waals surface area contributed by atoms with E-state index in [2.05, 4.69) is 56.2 Å². The number of aromatic nitrogens is 5. The number of thiol groups is 1. The van der Waals surface area contributed by atoms with Crippen LogP contribution in [0.5, 0.6) is 0 Å². The van der Waals surface area contributed by atoms with Gasteiger partial charge in [0.05, 0.1) is 17.5 Å². The number of fused-ring (bicyclic) bond motifs is 1. The number of anilines is 3. The summed E-state index contributed by atoms with van der Waals surface area (Å²) in [6.07, 6.45) is 8.40. The molecule has 0 aliphatic carbocycles. The number of hydrogen-bond acceptors (Lipinski definition) is 10. The van der Waals surface area contributed by atoms with Crippen molar-refractivity contribution in [3.8, 4) is 11.4 Å². The maximum Gasteiger partial charge on any atom is 0.200 e. The molecule has 4 heterocycles. The summed E-state index contributed by atoms with van der Waals surface area (Å²) in [5, 5.41) is 9.51. The van der Waals surface area contributed by atoms with Crippen molar-refractivity contribution in [1.82, 2.24) is 24.1 Å². The van der Waals surface area contributed by atoms with Crippen molar-refractivity contribution >= 4 is 53.7 Å². The molecule has 11 nitrogen and oxygen atoms in total. The molecule has 0 saturated carbocycles. The molecule has 1 aliphatic heterocycles. The second kappa shape index (κ2) is 11.3. The second-order valence-electron chi connectivity index (χ2n) is 10.9. The van der Waals surface area contributed by atoms with Crippen LogP contribution < -0.4 is 10.2 Å². The molecule has 218 valence electrons. The van der Waals surface area contributed by atoms with E-state index in [4.69, 9.17) is 0 Å². The Balaban J connectivity index is 1.41. The van der Waals surface area contributed by atoms with Gasteiger partial charge >= 0.3 is 0 Å². The summed E-state index contributed by atoms with van der Waals surface area (Å²) in [4.78, 5) is 27.3. The second-order valence-corrected chi connectivity index (χ2v) is 15.7. The molecule has 1 aliphatic rings. The van der Waals surface area contributed by atoms with Gasteiger partial charge in [0.15, 0.2) is 5.82 Å². The zero-order valence-electron chi connectivity index (χ0n) is 23.6. The van der Waals surface area contributed by atoms with Crippen molar-refractivity contribution in [2.24, 2.45) is 5.92 Å². The first-order chi connectivity index (χ1) is 19.5. The SMILES string of the molecule is CCC[SH](=O)(C=O)n1cc(-c2nccc(Nc3cc4c(C(C)C)ccc(N5CC(CS(C)(=O)=O)C5)c4cn3)n2)cn1. The quantitative estimate of drug-likeness (QED) is 0.195. The number of carbonyl (C=O) groups excluding carboxylic acids is 1. The molecule has 1 N–H and O–H groups in total. The standard InChI is InChI=1S/C28H35N7O4S2/c1-5-10-41(39,18-36)35-16-21(12-31-35)28-29-9-8-26(33-28)32-27-11-23-22(19(2)3)6-7-25(24(23)13-30-27)34-14-20(15-34)17-40(4,37)38/h6-9,11-13,16,18-20,41H,5,10,14-15,17H2,1-4H3,(H,29,30,32,33). The average molecular weight is 598 g/mol. The van der Waals surface area contributed by atoms with Gasteiger partial charge in [0.1, 0.15) is 21.5 Å². The van der Waals surface area contributed by atoms with Crippen LogP contribution in [0, 0.1) is 5.92 Å². The van der Waals surface area contributed by atoms with Crippen LogP contribution in [0.25, 0.3) is 22.2 Å². The molecule has 0 unspecified atom stereocenters. The maximum atomic E-state index is 12.9. The van der Waals surface area contributed by atoms with Crippen LogP contribution in [0.2, 0.25) is 0 Å². The molecular weight excluding hydrogens is 562 g/mol. The molecule has 41 heavy (non-hydrogen) atoms. The van der Waals surface area contributed by atoms with E-state index in [9.17, 15) is 17.4 Å². The molecule has 0 bridgehead atoms. The van der Waals surface area contributed by atoms with E-state index >= 15 is 0 Å². The Morgan fingerprint density at radius 3 is 2.59 bits per heavy atom. The fraction of sp³-hybridized carbons (Fsp3) is 0.393. The number of sulfone groups is 1. The van der Waals surface area contributed by atoms with E-state index in [-0.39, 0.29) is 23.3 Å². The number of hydrogen-bond donors (Lipinski definition) is 2. The molecule has 0 radical (unpaired) electrons. The highest BCUT2D eigenvalue weighted by Gasteiger charge is 2.31. The topological polar surface area (TPSA) is 140 Å². The Kier molecular flexibility index (Phi) is 7.93. The summed E-state index contributed by atoms with van der Waals surface area (Å²) >= 11 is 0. The molecule has 13 heteroatoms. The first-order valence-corrected chi connectivity index (χ1v) is 17.5. The van der Waals surface area contributed by atoms with Gasteiger partial charge in [-0.05, 0) is 41.5 Å². The third kappa shape index (κ3) is 6.15. The van der Waals surface area contributed by atoms with Crippen molar-refractivity contribution < 1.29 is 17.4 Å². The van der Waals surface area contributed by atoms with E-state index in [1.165, 1.54) is 22.1 Å². The van der Waals surface area contributed by atoms with Crippen LogP contribution in [0.3, 0.4) is 0 Å². The Morgan fingerprint density at radius 2 is 1.90 bits per heavy atom. The Bertz CT molecular complexity index is 1750. The van der Waals surface area contributed by atoms with Gasteiger partial charge in [0.2, 0.25) is 5.62 Å². The van der Waals surface area contributed by atoms with Gasteiger partial charge in [-0.3, -0.25) is 9.00 Å². The fourth-order valence-electron chi connectivity index (χ4n) is 5.23. The van der Waals surface area contributed by atoms with Crippen molar-refractivity contribution in [2.45, 2.75) is 33.1 Å². The molecule has 0 spiro atoms. The Hall–Kier alpha value is -3.71. The molecule has 0 amide bonds. The minimum atomic E-state index is -3.26. The van der Waals surface area contributed by atoms with Crippen LogP contribution in [-0.2, 0) is 24.8 Å². The zero-order chi connectivity index (χ0) is 29.4. The zero-order valence-corrected chi connectivity index (χ0v) is 25.3. The molecule has 4 aromatic rings. The summed E-state index contributed by atoms with van der Waals surface area (Å²) in [5.41, 5.74) is 3.27. The summed E-state index contributed by atoms with van der Waals surface area (Å²) < 4.78 is 37.6. The van der Waals surface area contributed by atoms with Gasteiger partial charge in [0, 0.05) is 70.8 Å². The van der Waals surface area contributed by atoms with Crippen molar-refractivity contribution in [3.05, 3.63) is 54.6 Å². The van der Waals surface area contributed by atoms with Crippen LogP contribution in [0.15, 0.2) is 49.1 Å². The van der Waals surface area contributed by atoms with E-state index in [0.717, 1.165) is 16.5 Å². The molecule has 5 rings (SSSR count). The van der Waals surface area contributed by atoms with Gasteiger partial charge in [-0.2, -0.15) is 5.10 Å². The number of pyridine rings is 1. The Labute approximate surface area is 240 Å². The molecule has 3 aromatic heterocycles.